The van der Waals surface area contributed by atoms with Crippen LogP contribution in [0.25, 0.3) is 0 Å². The molecule has 6 heteroatoms. The first kappa shape index (κ1) is 64.2. The Morgan fingerprint density at radius 1 is 0.288 bits per heavy atom. The van der Waals surface area contributed by atoms with E-state index in [-0.39, 0.29) is 31.1 Å². The van der Waals surface area contributed by atoms with Crippen LogP contribution in [0.3, 0.4) is 0 Å². The van der Waals surface area contributed by atoms with Crippen molar-refractivity contribution in [2.45, 2.75) is 341 Å². The van der Waals surface area contributed by atoms with Crippen LogP contribution in [-0.2, 0) is 28.6 Å². The lowest BCUT2D eigenvalue weighted by Gasteiger charge is -2.18. The number of esters is 3. The van der Waals surface area contributed by atoms with Crippen LogP contribution < -0.4 is 0 Å². The van der Waals surface area contributed by atoms with E-state index in [1.807, 2.05) is 0 Å². The van der Waals surface area contributed by atoms with Gasteiger partial charge in [0.1, 0.15) is 13.2 Å². The van der Waals surface area contributed by atoms with E-state index < -0.39 is 6.10 Å². The summed E-state index contributed by atoms with van der Waals surface area (Å²) in [6.07, 6.45) is 63.4. The third-order valence-corrected chi connectivity index (χ3v) is 13.5. The highest BCUT2D eigenvalue weighted by molar-refractivity contribution is 5.71. The Labute approximate surface area is 411 Å². The van der Waals surface area contributed by atoms with Crippen molar-refractivity contribution >= 4 is 17.9 Å². The molecular weight excluding hydrogens is 817 g/mol. The first-order valence-electron chi connectivity index (χ1n) is 29.7. The van der Waals surface area contributed by atoms with Crippen molar-refractivity contribution in [3.05, 3.63) is 12.2 Å². The minimum absolute atomic E-state index is 0.0656. The summed E-state index contributed by atoms with van der Waals surface area (Å²) in [5.41, 5.74) is 0. The van der Waals surface area contributed by atoms with Gasteiger partial charge in [-0.2, -0.15) is 0 Å². The van der Waals surface area contributed by atoms with Gasteiger partial charge in [-0.15, -0.1) is 0 Å². The summed E-state index contributed by atoms with van der Waals surface area (Å²) < 4.78 is 16.9. The van der Waals surface area contributed by atoms with Crippen LogP contribution >= 0.6 is 0 Å². The second-order valence-corrected chi connectivity index (χ2v) is 20.3. The predicted molar refractivity (Wildman–Crippen MR) is 284 cm³/mol. The number of carbonyl (C=O) groups is 3. The van der Waals surface area contributed by atoms with E-state index in [1.165, 1.54) is 238 Å². The van der Waals surface area contributed by atoms with Crippen LogP contribution in [0, 0.1) is 0 Å². The molecule has 6 nitrogen and oxygen atoms in total. The van der Waals surface area contributed by atoms with Crippen LogP contribution in [0.5, 0.6) is 0 Å². The van der Waals surface area contributed by atoms with E-state index in [0.29, 0.717) is 19.3 Å². The molecule has 0 fully saturated rings. The topological polar surface area (TPSA) is 78.9 Å². The fraction of sp³-hybridized carbons (Fsp3) is 0.917. The molecule has 0 aliphatic rings. The summed E-state index contributed by atoms with van der Waals surface area (Å²) in [4.78, 5) is 38.2. The zero-order chi connectivity index (χ0) is 47.9. The average Bonchev–Trinajstić information content (AvgIpc) is 3.31. The molecule has 0 radical (unpaired) electrons. The van der Waals surface area contributed by atoms with Crippen LogP contribution in [0.15, 0.2) is 12.2 Å². The molecule has 0 saturated heterocycles. The minimum Gasteiger partial charge on any atom is -0.462 e. The lowest BCUT2D eigenvalue weighted by molar-refractivity contribution is -0.167. The third kappa shape index (κ3) is 53.1. The Kier molecular flexibility index (Phi) is 54.2. The summed E-state index contributed by atoms with van der Waals surface area (Å²) in [5, 5.41) is 0. The Morgan fingerprint density at radius 2 is 0.500 bits per heavy atom. The van der Waals surface area contributed by atoms with Crippen molar-refractivity contribution in [1.29, 1.82) is 0 Å². The molecule has 0 heterocycles. The van der Waals surface area contributed by atoms with E-state index in [0.717, 1.165) is 57.8 Å². The number of hydrogen-bond acceptors (Lipinski definition) is 6. The molecule has 0 bridgehead atoms. The van der Waals surface area contributed by atoms with Crippen LogP contribution in [-0.4, -0.2) is 37.2 Å². The standard InChI is InChI=1S/C60H114O6/c1-4-7-10-13-16-19-22-25-28-29-30-33-35-38-41-44-47-50-53-59(62)65-56-57(66-60(63)54-51-48-45-42-39-36-32-27-24-21-18-15-12-9-6-3)55-64-58(61)52-49-46-43-40-37-34-31-26-23-20-17-14-11-8-5-2/h21,24,57H,4-20,22-23,25-56H2,1-3H3/b24-21-. The molecule has 0 aliphatic heterocycles. The van der Waals surface area contributed by atoms with Gasteiger partial charge in [0.25, 0.3) is 0 Å². The highest BCUT2D eigenvalue weighted by atomic mass is 16.6. The Morgan fingerprint density at radius 3 is 0.773 bits per heavy atom. The van der Waals surface area contributed by atoms with Gasteiger partial charge in [0.2, 0.25) is 0 Å². The first-order chi connectivity index (χ1) is 32.5. The molecule has 0 saturated carbocycles. The maximum atomic E-state index is 12.8. The van der Waals surface area contributed by atoms with Gasteiger partial charge in [-0.3, -0.25) is 14.4 Å². The Balaban J connectivity index is 4.30. The first-order valence-corrected chi connectivity index (χ1v) is 29.7. The third-order valence-electron chi connectivity index (χ3n) is 13.5. The largest absolute Gasteiger partial charge is 0.462 e. The predicted octanol–water partition coefficient (Wildman–Crippen LogP) is 19.7. The van der Waals surface area contributed by atoms with Crippen molar-refractivity contribution in [2.75, 3.05) is 13.2 Å². The van der Waals surface area contributed by atoms with Crippen molar-refractivity contribution < 1.29 is 28.6 Å². The Hall–Kier alpha value is -1.85. The van der Waals surface area contributed by atoms with Gasteiger partial charge < -0.3 is 14.2 Å². The molecule has 0 aromatic carbocycles. The van der Waals surface area contributed by atoms with Gasteiger partial charge in [0, 0.05) is 19.3 Å². The van der Waals surface area contributed by atoms with E-state index in [9.17, 15) is 14.4 Å². The van der Waals surface area contributed by atoms with E-state index >= 15 is 0 Å². The number of unbranched alkanes of at least 4 members (excludes halogenated alkanes) is 42. The number of carbonyl (C=O) groups excluding carboxylic acids is 3. The van der Waals surface area contributed by atoms with Crippen molar-refractivity contribution in [3.8, 4) is 0 Å². The molecule has 0 amide bonds. The summed E-state index contributed by atoms with van der Waals surface area (Å²) >= 11 is 0. The summed E-state index contributed by atoms with van der Waals surface area (Å²) in [7, 11) is 0. The fourth-order valence-electron chi connectivity index (χ4n) is 9.03. The molecule has 1 atom stereocenters. The molecule has 0 aromatic rings. The fourth-order valence-corrected chi connectivity index (χ4v) is 9.03. The van der Waals surface area contributed by atoms with Crippen LogP contribution in [0.1, 0.15) is 335 Å². The normalized spacial score (nSPS) is 12.0. The number of rotatable bonds is 55. The minimum atomic E-state index is -0.767. The molecular formula is C60H114O6. The van der Waals surface area contributed by atoms with E-state index in [2.05, 4.69) is 32.9 Å². The molecule has 0 N–H and O–H groups in total. The van der Waals surface area contributed by atoms with Crippen molar-refractivity contribution in [1.82, 2.24) is 0 Å². The Bertz CT molecular complexity index is 1020. The zero-order valence-electron chi connectivity index (χ0n) is 44.7. The SMILES string of the molecule is CCCCCC/C=C\CCCCCCCCCC(=O)OC(COC(=O)CCCCCCCCCCCCCCCCC)COC(=O)CCCCCCCCCCCCCCCCCCCC. The molecule has 1 unspecified atom stereocenters. The van der Waals surface area contributed by atoms with Gasteiger partial charge in [0.05, 0.1) is 0 Å². The smallest absolute Gasteiger partial charge is 0.306 e. The van der Waals surface area contributed by atoms with E-state index in [4.69, 9.17) is 14.2 Å². The van der Waals surface area contributed by atoms with E-state index in [1.54, 1.807) is 0 Å². The lowest BCUT2D eigenvalue weighted by Crippen LogP contribution is -2.30. The number of ether oxygens (including phenoxy) is 3. The highest BCUT2D eigenvalue weighted by Gasteiger charge is 2.19. The molecule has 0 aromatic heterocycles. The highest BCUT2D eigenvalue weighted by Crippen LogP contribution is 2.17. The number of allylic oxidation sites excluding steroid dienone is 2. The monoisotopic (exact) mass is 931 g/mol. The molecule has 0 aliphatic carbocycles. The van der Waals surface area contributed by atoms with Gasteiger partial charge in [-0.05, 0) is 44.9 Å². The van der Waals surface area contributed by atoms with Crippen LogP contribution in [0.4, 0.5) is 0 Å². The van der Waals surface area contributed by atoms with Gasteiger partial charge >= 0.3 is 17.9 Å². The maximum Gasteiger partial charge on any atom is 0.306 e. The number of hydrogen-bond donors (Lipinski definition) is 0. The zero-order valence-corrected chi connectivity index (χ0v) is 44.7. The summed E-state index contributed by atoms with van der Waals surface area (Å²) in [6, 6.07) is 0. The molecule has 66 heavy (non-hydrogen) atoms. The second-order valence-electron chi connectivity index (χ2n) is 20.3. The van der Waals surface area contributed by atoms with Gasteiger partial charge in [-0.25, -0.2) is 0 Å². The van der Waals surface area contributed by atoms with Gasteiger partial charge in [0.15, 0.2) is 6.10 Å². The van der Waals surface area contributed by atoms with Crippen molar-refractivity contribution in [3.63, 3.8) is 0 Å². The second kappa shape index (κ2) is 55.7. The quantitative estimate of drug-likeness (QED) is 0.0262. The summed E-state index contributed by atoms with van der Waals surface area (Å²) in [6.45, 7) is 6.69. The average molecular weight is 932 g/mol. The lowest BCUT2D eigenvalue weighted by atomic mass is 10.0. The molecule has 390 valence electrons. The van der Waals surface area contributed by atoms with Crippen molar-refractivity contribution in [2.24, 2.45) is 0 Å². The molecule has 0 spiro atoms. The summed E-state index contributed by atoms with van der Waals surface area (Å²) in [5.74, 6) is -0.844. The van der Waals surface area contributed by atoms with Crippen LogP contribution in [0.2, 0.25) is 0 Å². The van der Waals surface area contributed by atoms with Gasteiger partial charge in [-0.1, -0.05) is 283 Å². The molecule has 0 rings (SSSR count). The maximum absolute atomic E-state index is 12.8.